The van der Waals surface area contributed by atoms with Crippen molar-refractivity contribution < 1.29 is 28.8 Å². The third-order valence-corrected chi connectivity index (χ3v) is 3.29. The first-order valence-electron chi connectivity index (χ1n) is 6.61. The number of carbonyl (C=O) groups is 2. The second-order valence-corrected chi connectivity index (χ2v) is 4.85. The van der Waals surface area contributed by atoms with E-state index in [0.29, 0.717) is 12.0 Å². The van der Waals surface area contributed by atoms with Crippen LogP contribution in [-0.4, -0.2) is 35.2 Å². The molecule has 112 valence electrons. The van der Waals surface area contributed by atoms with Crippen LogP contribution in [0, 0.1) is 5.82 Å². The lowest BCUT2D eigenvalue weighted by Gasteiger charge is -2.15. The second kappa shape index (κ2) is 6.13. The number of carbonyl (C=O) groups excluding carboxylic acids is 1. The van der Waals surface area contributed by atoms with Crippen LogP contribution in [0.4, 0.5) is 4.39 Å². The van der Waals surface area contributed by atoms with Crippen LogP contribution < -0.4 is 9.97 Å². The smallest absolute Gasteiger partial charge is 0.524 e. The van der Waals surface area contributed by atoms with Crippen molar-refractivity contribution in [3.63, 3.8) is 0 Å². The van der Waals surface area contributed by atoms with Crippen LogP contribution in [0.2, 0.25) is 6.32 Å². The quantitative estimate of drug-likeness (QED) is 0.718. The first-order valence-corrected chi connectivity index (χ1v) is 6.61. The highest BCUT2D eigenvalue weighted by Gasteiger charge is 2.32. The summed E-state index contributed by atoms with van der Waals surface area (Å²) in [5.41, 5.74) is -0.166. The normalized spacial score (nSPS) is 17.5. The number of nitrogens with one attached hydrogen (secondary N) is 1. The summed E-state index contributed by atoms with van der Waals surface area (Å²) in [7, 11) is -1.31. The first-order chi connectivity index (χ1) is 9.92. The number of aromatic carboxylic acids is 1. The molecule has 0 fully saturated rings. The van der Waals surface area contributed by atoms with Gasteiger partial charge in [-0.3, -0.25) is 4.79 Å². The number of carboxylic acids is 1. The first kappa shape index (κ1) is 15.3. The van der Waals surface area contributed by atoms with Crippen LogP contribution in [-0.2, 0) is 11.2 Å². The van der Waals surface area contributed by atoms with Crippen LogP contribution in [0.3, 0.4) is 0 Å². The van der Waals surface area contributed by atoms with Gasteiger partial charge >= 0.3 is 13.1 Å². The number of rotatable bonds is 3. The van der Waals surface area contributed by atoms with Gasteiger partial charge in [0.05, 0.1) is 0 Å². The highest BCUT2D eigenvalue weighted by Crippen LogP contribution is 2.31. The van der Waals surface area contributed by atoms with E-state index < -0.39 is 30.5 Å². The van der Waals surface area contributed by atoms with Crippen LogP contribution in [0.1, 0.15) is 29.3 Å². The average Bonchev–Trinajstić information content (AvgIpc) is 2.55. The van der Waals surface area contributed by atoms with Gasteiger partial charge in [-0.15, -0.1) is 0 Å². The van der Waals surface area contributed by atoms with Crippen LogP contribution >= 0.6 is 0 Å². The Balaban J connectivity index is 2.38. The standard InChI is InChI=1S/C13H15BFNO5/c1-2-10(17)16-8-5-7-3-4-9(15)11(13(18)19)12(7)21-14(20)6-8/h3-4,8,20H,2,5-6H2,1H3,(H,16,17)(H,18,19)/t8-/m0/s1. The molecule has 0 unspecified atom stereocenters. The van der Waals surface area contributed by atoms with E-state index in [1.807, 2.05) is 0 Å². The van der Waals surface area contributed by atoms with Gasteiger partial charge in [0.1, 0.15) is 17.1 Å². The Bertz CT molecular complexity index is 580. The predicted molar refractivity (Wildman–Crippen MR) is 72.7 cm³/mol. The van der Waals surface area contributed by atoms with Crippen LogP contribution in [0.5, 0.6) is 5.75 Å². The van der Waals surface area contributed by atoms with Gasteiger partial charge in [-0.2, -0.15) is 0 Å². The molecule has 1 heterocycles. The summed E-state index contributed by atoms with van der Waals surface area (Å²) >= 11 is 0. The van der Waals surface area contributed by atoms with Gasteiger partial charge in [0.15, 0.2) is 0 Å². The fourth-order valence-corrected chi connectivity index (χ4v) is 2.31. The molecule has 3 N–H and O–H groups in total. The summed E-state index contributed by atoms with van der Waals surface area (Å²) < 4.78 is 18.8. The molecule has 8 heteroatoms. The van der Waals surface area contributed by atoms with Crippen molar-refractivity contribution in [3.05, 3.63) is 29.1 Å². The average molecular weight is 295 g/mol. The third kappa shape index (κ3) is 3.33. The van der Waals surface area contributed by atoms with Crippen molar-refractivity contribution in [2.24, 2.45) is 0 Å². The predicted octanol–water partition coefficient (Wildman–Crippen LogP) is 0.834. The number of carboxylic acid groups (broad SMARTS) is 1. The lowest BCUT2D eigenvalue weighted by atomic mass is 9.80. The van der Waals surface area contributed by atoms with Crippen LogP contribution in [0.25, 0.3) is 0 Å². The molecular weight excluding hydrogens is 280 g/mol. The molecule has 0 saturated carbocycles. The molecule has 0 aliphatic carbocycles. The fourth-order valence-electron chi connectivity index (χ4n) is 2.31. The molecule has 0 saturated heterocycles. The van der Waals surface area contributed by atoms with E-state index in [9.17, 15) is 19.0 Å². The largest absolute Gasteiger partial charge is 0.535 e. The van der Waals surface area contributed by atoms with Gasteiger partial charge in [-0.1, -0.05) is 13.0 Å². The van der Waals surface area contributed by atoms with Gasteiger partial charge in [-0.05, 0) is 18.1 Å². The van der Waals surface area contributed by atoms with Gasteiger partial charge < -0.3 is 20.1 Å². The summed E-state index contributed by atoms with van der Waals surface area (Å²) in [6, 6.07) is 2.04. The van der Waals surface area contributed by atoms with Gasteiger partial charge in [-0.25, -0.2) is 9.18 Å². The maximum Gasteiger partial charge on any atom is 0.524 e. The third-order valence-electron chi connectivity index (χ3n) is 3.29. The van der Waals surface area contributed by atoms with E-state index in [-0.39, 0.29) is 24.4 Å². The fraction of sp³-hybridized carbons (Fsp3) is 0.385. The number of fused-ring (bicyclic) bond motifs is 1. The van der Waals surface area contributed by atoms with Gasteiger partial charge in [0.2, 0.25) is 5.91 Å². The number of hydrogen-bond donors (Lipinski definition) is 3. The van der Waals surface area contributed by atoms with Gasteiger partial charge in [0.25, 0.3) is 0 Å². The molecule has 1 aromatic rings. The van der Waals surface area contributed by atoms with Crippen molar-refractivity contribution in [1.82, 2.24) is 5.32 Å². The SMILES string of the molecule is CCC(=O)N[C@@H]1CB(O)Oc2c(ccc(F)c2C(=O)O)C1. The minimum absolute atomic E-state index is 0.0983. The van der Waals surface area contributed by atoms with Crippen molar-refractivity contribution in [2.45, 2.75) is 32.1 Å². The summed E-state index contributed by atoms with van der Waals surface area (Å²) in [5, 5.41) is 21.6. The molecule has 21 heavy (non-hydrogen) atoms. The molecule has 0 aromatic heterocycles. The molecular formula is C13H15BFNO5. The molecule has 2 rings (SSSR count). The molecule has 0 spiro atoms. The summed E-state index contributed by atoms with van der Waals surface area (Å²) in [6.45, 7) is 1.70. The van der Waals surface area contributed by atoms with Crippen molar-refractivity contribution >= 4 is 19.0 Å². The number of benzene rings is 1. The number of halogens is 1. The van der Waals surface area contributed by atoms with Crippen molar-refractivity contribution in [3.8, 4) is 5.75 Å². The maximum absolute atomic E-state index is 13.6. The summed E-state index contributed by atoms with van der Waals surface area (Å²) in [5.74, 6) is -2.75. The summed E-state index contributed by atoms with van der Waals surface area (Å²) in [4.78, 5) is 22.6. The zero-order valence-electron chi connectivity index (χ0n) is 11.4. The van der Waals surface area contributed by atoms with Crippen molar-refractivity contribution in [2.75, 3.05) is 0 Å². The highest BCUT2D eigenvalue weighted by atomic mass is 19.1. The minimum Gasteiger partial charge on any atom is -0.535 e. The topological polar surface area (TPSA) is 95.9 Å². The van der Waals surface area contributed by atoms with Crippen molar-refractivity contribution in [1.29, 1.82) is 0 Å². The maximum atomic E-state index is 13.6. The molecule has 1 aliphatic rings. The molecule has 1 atom stereocenters. The Kier molecular flexibility index (Phi) is 4.47. The van der Waals surface area contributed by atoms with Crippen LogP contribution in [0.15, 0.2) is 12.1 Å². The minimum atomic E-state index is -1.47. The Morgan fingerprint density at radius 2 is 2.24 bits per heavy atom. The molecule has 0 bridgehead atoms. The summed E-state index contributed by atoms with van der Waals surface area (Å²) in [6.07, 6.45) is 0.657. The van der Waals surface area contributed by atoms with E-state index in [4.69, 9.17) is 9.76 Å². The molecule has 1 aliphatic heterocycles. The van der Waals surface area contributed by atoms with E-state index in [0.717, 1.165) is 6.07 Å². The Morgan fingerprint density at radius 3 is 2.86 bits per heavy atom. The molecule has 0 radical (unpaired) electrons. The monoisotopic (exact) mass is 295 g/mol. The van der Waals surface area contributed by atoms with E-state index in [1.165, 1.54) is 6.07 Å². The van der Waals surface area contributed by atoms with E-state index in [1.54, 1.807) is 6.92 Å². The zero-order chi connectivity index (χ0) is 15.6. The lowest BCUT2D eigenvalue weighted by molar-refractivity contribution is -0.121. The molecule has 6 nitrogen and oxygen atoms in total. The Morgan fingerprint density at radius 1 is 1.52 bits per heavy atom. The number of hydrogen-bond acceptors (Lipinski definition) is 4. The Labute approximate surface area is 121 Å². The lowest BCUT2D eigenvalue weighted by Crippen LogP contribution is -2.39. The van der Waals surface area contributed by atoms with E-state index in [2.05, 4.69) is 5.32 Å². The second-order valence-electron chi connectivity index (χ2n) is 4.85. The zero-order valence-corrected chi connectivity index (χ0v) is 11.4. The molecule has 1 amide bonds. The Hall–Kier alpha value is -2.09. The van der Waals surface area contributed by atoms with E-state index >= 15 is 0 Å². The van der Waals surface area contributed by atoms with Gasteiger partial charge in [0, 0.05) is 18.8 Å². The highest BCUT2D eigenvalue weighted by molar-refractivity contribution is 6.44. The molecule has 1 aromatic carbocycles. The number of amides is 1.